The molecule has 2 rings (SSSR count). The van der Waals surface area contributed by atoms with Gasteiger partial charge < -0.3 is 14.9 Å². The van der Waals surface area contributed by atoms with Crippen molar-refractivity contribution in [2.45, 2.75) is 19.9 Å². The Balaban J connectivity index is 2.21. The van der Waals surface area contributed by atoms with Crippen LogP contribution in [0.4, 0.5) is 0 Å². The van der Waals surface area contributed by atoms with Crippen molar-refractivity contribution in [3.63, 3.8) is 0 Å². The zero-order valence-electron chi connectivity index (χ0n) is 10.0. The molecule has 17 heavy (non-hydrogen) atoms. The molecule has 0 radical (unpaired) electrons. The summed E-state index contributed by atoms with van der Waals surface area (Å²) in [7, 11) is 0. The van der Waals surface area contributed by atoms with Crippen molar-refractivity contribution in [2.24, 2.45) is 5.73 Å². The standard InChI is InChI=1S/C13H16N2O2/c1-3-16-11-6-4-10(5-7-11)12-8-15-13(17-12)9(2)14/h4-9H,3,14H2,1-2H3. The third kappa shape index (κ3) is 2.65. The quantitative estimate of drug-likeness (QED) is 0.880. The Bertz CT molecular complexity index is 474. The molecule has 0 spiro atoms. The van der Waals surface area contributed by atoms with E-state index in [-0.39, 0.29) is 6.04 Å². The number of hydrogen-bond donors (Lipinski definition) is 1. The number of nitrogens with zero attached hydrogens (tertiary/aromatic N) is 1. The van der Waals surface area contributed by atoms with Crippen LogP contribution in [-0.2, 0) is 0 Å². The Labute approximate surface area is 100 Å². The van der Waals surface area contributed by atoms with Gasteiger partial charge in [-0.1, -0.05) is 0 Å². The highest BCUT2D eigenvalue weighted by Gasteiger charge is 2.09. The molecule has 0 saturated heterocycles. The summed E-state index contributed by atoms with van der Waals surface area (Å²) in [6.45, 7) is 4.46. The van der Waals surface area contributed by atoms with E-state index in [0.717, 1.165) is 17.1 Å². The zero-order valence-corrected chi connectivity index (χ0v) is 10.0. The predicted molar refractivity (Wildman–Crippen MR) is 65.7 cm³/mol. The Morgan fingerprint density at radius 3 is 2.59 bits per heavy atom. The molecule has 1 aromatic heterocycles. The monoisotopic (exact) mass is 232 g/mol. The maximum Gasteiger partial charge on any atom is 0.211 e. The van der Waals surface area contributed by atoms with E-state index in [1.165, 1.54) is 0 Å². The second-order valence-electron chi connectivity index (χ2n) is 3.81. The predicted octanol–water partition coefficient (Wildman–Crippen LogP) is 2.76. The summed E-state index contributed by atoms with van der Waals surface area (Å²) < 4.78 is 10.9. The van der Waals surface area contributed by atoms with E-state index in [0.29, 0.717) is 12.5 Å². The Morgan fingerprint density at radius 1 is 1.35 bits per heavy atom. The highest BCUT2D eigenvalue weighted by atomic mass is 16.5. The minimum absolute atomic E-state index is 0.188. The van der Waals surface area contributed by atoms with Gasteiger partial charge in [0.25, 0.3) is 0 Å². The summed E-state index contributed by atoms with van der Waals surface area (Å²) >= 11 is 0. The van der Waals surface area contributed by atoms with Gasteiger partial charge >= 0.3 is 0 Å². The van der Waals surface area contributed by atoms with E-state index in [1.807, 2.05) is 38.1 Å². The first-order valence-corrected chi connectivity index (χ1v) is 5.65. The SMILES string of the molecule is CCOc1ccc(-c2cnc(C(C)N)o2)cc1. The number of aromatic nitrogens is 1. The van der Waals surface area contributed by atoms with Gasteiger partial charge in [0.15, 0.2) is 5.76 Å². The molecular weight excluding hydrogens is 216 g/mol. The van der Waals surface area contributed by atoms with Gasteiger partial charge in [-0.05, 0) is 38.1 Å². The number of ether oxygens (including phenoxy) is 1. The number of benzene rings is 1. The fraction of sp³-hybridized carbons (Fsp3) is 0.308. The van der Waals surface area contributed by atoms with Gasteiger partial charge in [-0.2, -0.15) is 0 Å². The molecule has 4 heteroatoms. The lowest BCUT2D eigenvalue weighted by Gasteiger charge is -2.03. The van der Waals surface area contributed by atoms with Crippen LogP contribution in [0.15, 0.2) is 34.9 Å². The first-order chi connectivity index (χ1) is 8.20. The number of hydrogen-bond acceptors (Lipinski definition) is 4. The molecule has 2 N–H and O–H groups in total. The van der Waals surface area contributed by atoms with Crippen LogP contribution in [0.3, 0.4) is 0 Å². The fourth-order valence-corrected chi connectivity index (χ4v) is 1.51. The largest absolute Gasteiger partial charge is 0.494 e. The third-order valence-corrected chi connectivity index (χ3v) is 2.36. The normalized spacial score (nSPS) is 12.4. The lowest BCUT2D eigenvalue weighted by atomic mass is 10.2. The summed E-state index contributed by atoms with van der Waals surface area (Å²) in [6.07, 6.45) is 1.69. The summed E-state index contributed by atoms with van der Waals surface area (Å²) in [5.74, 6) is 2.12. The van der Waals surface area contributed by atoms with Gasteiger partial charge in [0, 0.05) is 5.56 Å². The van der Waals surface area contributed by atoms with Crippen LogP contribution in [0.1, 0.15) is 25.8 Å². The minimum Gasteiger partial charge on any atom is -0.494 e. The van der Waals surface area contributed by atoms with Crippen LogP contribution in [-0.4, -0.2) is 11.6 Å². The highest BCUT2D eigenvalue weighted by molar-refractivity contribution is 5.57. The molecule has 0 aliphatic rings. The average Bonchev–Trinajstić information content (AvgIpc) is 2.80. The molecular formula is C13H16N2O2. The average molecular weight is 232 g/mol. The van der Waals surface area contributed by atoms with Gasteiger partial charge in [-0.25, -0.2) is 4.98 Å². The molecule has 1 heterocycles. The topological polar surface area (TPSA) is 61.3 Å². The van der Waals surface area contributed by atoms with Gasteiger partial charge in [0.05, 0.1) is 18.8 Å². The maximum atomic E-state index is 5.69. The van der Waals surface area contributed by atoms with Gasteiger partial charge in [0.1, 0.15) is 5.75 Å². The highest BCUT2D eigenvalue weighted by Crippen LogP contribution is 2.24. The van der Waals surface area contributed by atoms with Crippen molar-refractivity contribution in [3.8, 4) is 17.1 Å². The fourth-order valence-electron chi connectivity index (χ4n) is 1.51. The minimum atomic E-state index is -0.188. The first-order valence-electron chi connectivity index (χ1n) is 5.65. The Hall–Kier alpha value is -1.81. The van der Waals surface area contributed by atoms with Crippen molar-refractivity contribution in [2.75, 3.05) is 6.61 Å². The maximum absolute atomic E-state index is 5.69. The molecule has 0 amide bonds. The second kappa shape index (κ2) is 5.01. The van der Waals surface area contributed by atoms with E-state index < -0.39 is 0 Å². The van der Waals surface area contributed by atoms with E-state index in [1.54, 1.807) is 6.20 Å². The molecule has 0 fully saturated rings. The van der Waals surface area contributed by atoms with Crippen LogP contribution in [0.2, 0.25) is 0 Å². The molecule has 0 aliphatic carbocycles. The van der Waals surface area contributed by atoms with Gasteiger partial charge in [0.2, 0.25) is 5.89 Å². The molecule has 2 aromatic rings. The van der Waals surface area contributed by atoms with Crippen LogP contribution in [0.25, 0.3) is 11.3 Å². The summed E-state index contributed by atoms with van der Waals surface area (Å²) in [5.41, 5.74) is 6.66. The van der Waals surface area contributed by atoms with Gasteiger partial charge in [-0.3, -0.25) is 0 Å². The molecule has 0 aliphatic heterocycles. The number of oxazole rings is 1. The second-order valence-corrected chi connectivity index (χ2v) is 3.81. The number of nitrogens with two attached hydrogens (primary N) is 1. The van der Waals surface area contributed by atoms with Crippen molar-refractivity contribution in [1.29, 1.82) is 0 Å². The van der Waals surface area contributed by atoms with Crippen LogP contribution in [0, 0.1) is 0 Å². The van der Waals surface area contributed by atoms with Crippen LogP contribution in [0.5, 0.6) is 5.75 Å². The molecule has 0 bridgehead atoms. The lowest BCUT2D eigenvalue weighted by molar-refractivity contribution is 0.340. The van der Waals surface area contributed by atoms with Gasteiger partial charge in [-0.15, -0.1) is 0 Å². The number of rotatable bonds is 4. The summed E-state index contributed by atoms with van der Waals surface area (Å²) in [5, 5.41) is 0. The molecule has 90 valence electrons. The van der Waals surface area contributed by atoms with E-state index in [2.05, 4.69) is 4.98 Å². The molecule has 1 atom stereocenters. The van der Waals surface area contributed by atoms with E-state index in [4.69, 9.17) is 14.9 Å². The molecule has 0 saturated carbocycles. The smallest absolute Gasteiger partial charge is 0.211 e. The Morgan fingerprint density at radius 2 is 2.06 bits per heavy atom. The van der Waals surface area contributed by atoms with Crippen molar-refractivity contribution in [3.05, 3.63) is 36.4 Å². The molecule has 1 unspecified atom stereocenters. The summed E-state index contributed by atoms with van der Waals surface area (Å²) in [6, 6.07) is 7.51. The van der Waals surface area contributed by atoms with Crippen LogP contribution >= 0.6 is 0 Å². The Kier molecular flexibility index (Phi) is 3.44. The lowest BCUT2D eigenvalue weighted by Crippen LogP contribution is -2.04. The molecule has 4 nitrogen and oxygen atoms in total. The van der Waals surface area contributed by atoms with Crippen LogP contribution < -0.4 is 10.5 Å². The van der Waals surface area contributed by atoms with Crippen molar-refractivity contribution >= 4 is 0 Å². The van der Waals surface area contributed by atoms with E-state index in [9.17, 15) is 0 Å². The third-order valence-electron chi connectivity index (χ3n) is 2.36. The summed E-state index contributed by atoms with van der Waals surface area (Å²) in [4.78, 5) is 4.13. The van der Waals surface area contributed by atoms with E-state index >= 15 is 0 Å². The first kappa shape index (κ1) is 11.7. The molecule has 1 aromatic carbocycles. The van der Waals surface area contributed by atoms with Crippen molar-refractivity contribution < 1.29 is 9.15 Å². The van der Waals surface area contributed by atoms with Crippen molar-refractivity contribution in [1.82, 2.24) is 4.98 Å². The zero-order chi connectivity index (χ0) is 12.3.